The first kappa shape index (κ1) is 18.9. The Morgan fingerprint density at radius 3 is 2.16 bits per heavy atom. The predicted molar refractivity (Wildman–Crippen MR) is 101 cm³/mol. The van der Waals surface area contributed by atoms with Crippen molar-refractivity contribution in [1.29, 1.82) is 0 Å². The van der Waals surface area contributed by atoms with Crippen LogP contribution >= 0.6 is 12.2 Å². The van der Waals surface area contributed by atoms with Crippen molar-refractivity contribution in [2.75, 3.05) is 17.8 Å². The van der Waals surface area contributed by atoms with Crippen LogP contribution < -0.4 is 10.2 Å². The van der Waals surface area contributed by atoms with Crippen LogP contribution in [0, 0.1) is 0 Å². The van der Waals surface area contributed by atoms with E-state index in [0.29, 0.717) is 5.69 Å². The Balaban J connectivity index is 2.38. The number of benzene rings is 2. The number of sulfone groups is 1. The summed E-state index contributed by atoms with van der Waals surface area (Å²) in [5.41, 5.74) is 1.33. The number of nitrogens with zero attached hydrogens (tertiary/aromatic N) is 1. The number of nitrogens with one attached hydrogen (secondary N) is 1. The van der Waals surface area contributed by atoms with Crippen LogP contribution in [0.4, 0.5) is 16.2 Å². The third-order valence-electron chi connectivity index (χ3n) is 3.22. The maximum Gasteiger partial charge on any atom is 0.413 e. The molecule has 0 aliphatic carbocycles. The van der Waals surface area contributed by atoms with Gasteiger partial charge in [0.1, 0.15) is 0 Å². The number of amides is 1. The number of carbonyl (C=O) groups excluding carboxylic acids is 1. The summed E-state index contributed by atoms with van der Waals surface area (Å²) in [5, 5.41) is 2.62. The minimum absolute atomic E-state index is 0.122. The molecule has 0 saturated heterocycles. The second-order valence-corrected chi connectivity index (χ2v) is 7.49. The first-order valence-corrected chi connectivity index (χ1v) is 9.76. The van der Waals surface area contributed by atoms with Gasteiger partial charge in [-0.15, -0.1) is 0 Å². The highest BCUT2D eigenvalue weighted by atomic mass is 32.2. The fraction of sp³-hybridized carbons (Fsp3) is 0.176. The number of carbonyl (C=O) groups is 1. The van der Waals surface area contributed by atoms with Crippen LogP contribution in [0.1, 0.15) is 6.92 Å². The topological polar surface area (TPSA) is 75.7 Å². The molecule has 0 aliphatic heterocycles. The summed E-state index contributed by atoms with van der Waals surface area (Å²) in [6.45, 7) is 1.92. The molecule has 1 amide bonds. The summed E-state index contributed by atoms with van der Waals surface area (Å²) in [4.78, 5) is 13.5. The summed E-state index contributed by atoms with van der Waals surface area (Å²) in [6.07, 6.45) is 0.491. The van der Waals surface area contributed by atoms with Gasteiger partial charge in [-0.05, 0) is 55.5 Å². The number of hydrogen-bond donors (Lipinski definition) is 1. The van der Waals surface area contributed by atoms with Crippen molar-refractivity contribution in [3.63, 3.8) is 0 Å². The molecule has 1 N–H and O–H groups in total. The number of alkyl carbamates (subject to hydrolysis) is 1. The lowest BCUT2D eigenvalue weighted by atomic mass is 10.2. The number of rotatable bonds is 4. The fourth-order valence-corrected chi connectivity index (χ4v) is 3.04. The van der Waals surface area contributed by atoms with E-state index in [0.717, 1.165) is 11.9 Å². The van der Waals surface area contributed by atoms with E-state index in [9.17, 15) is 13.2 Å². The Hall–Kier alpha value is -2.45. The molecular formula is C17H18N2O4S2. The summed E-state index contributed by atoms with van der Waals surface area (Å²) in [6, 6.07) is 15.4. The van der Waals surface area contributed by atoms with Crippen molar-refractivity contribution in [1.82, 2.24) is 5.32 Å². The molecular weight excluding hydrogens is 360 g/mol. The van der Waals surface area contributed by atoms with Gasteiger partial charge < -0.3 is 4.74 Å². The third-order valence-corrected chi connectivity index (χ3v) is 4.64. The van der Waals surface area contributed by atoms with E-state index in [1.807, 2.05) is 30.3 Å². The summed E-state index contributed by atoms with van der Waals surface area (Å²) >= 11 is 5.33. The second-order valence-electron chi connectivity index (χ2n) is 5.09. The maximum absolute atomic E-state index is 11.7. The minimum Gasteiger partial charge on any atom is -0.450 e. The predicted octanol–water partition coefficient (Wildman–Crippen LogP) is 3.26. The van der Waals surface area contributed by atoms with E-state index < -0.39 is 15.9 Å². The number of para-hydroxylation sites is 1. The summed E-state index contributed by atoms with van der Waals surface area (Å²) in [5.74, 6) is 0. The van der Waals surface area contributed by atoms with E-state index in [-0.39, 0.29) is 16.6 Å². The molecule has 0 atom stereocenters. The lowest BCUT2D eigenvalue weighted by molar-refractivity contribution is 0.158. The van der Waals surface area contributed by atoms with E-state index in [4.69, 9.17) is 17.0 Å². The summed E-state index contributed by atoms with van der Waals surface area (Å²) < 4.78 is 28.1. The van der Waals surface area contributed by atoms with Gasteiger partial charge in [0.25, 0.3) is 0 Å². The van der Waals surface area contributed by atoms with Crippen molar-refractivity contribution in [3.05, 3.63) is 54.6 Å². The van der Waals surface area contributed by atoms with Gasteiger partial charge in [-0.25, -0.2) is 13.2 Å². The lowest BCUT2D eigenvalue weighted by Gasteiger charge is -2.25. The van der Waals surface area contributed by atoms with Gasteiger partial charge in [-0.3, -0.25) is 10.2 Å². The van der Waals surface area contributed by atoms with E-state index >= 15 is 0 Å². The molecule has 6 nitrogen and oxygen atoms in total. The standard InChI is InChI=1S/C17H18N2O4S2/c1-3-23-17(20)18-16(24)19(13-7-5-4-6-8-13)14-9-11-15(12-10-14)25(2,21)22/h4-12H,3H2,1-2H3,(H,18,20,24). The first-order chi connectivity index (χ1) is 11.8. The molecule has 0 bridgehead atoms. The highest BCUT2D eigenvalue weighted by Gasteiger charge is 2.18. The number of hydrogen-bond acceptors (Lipinski definition) is 5. The van der Waals surface area contributed by atoms with Gasteiger partial charge in [-0.1, -0.05) is 18.2 Å². The molecule has 2 rings (SSSR count). The van der Waals surface area contributed by atoms with Crippen LogP contribution in [0.3, 0.4) is 0 Å². The zero-order chi connectivity index (χ0) is 18.4. The first-order valence-electron chi connectivity index (χ1n) is 7.46. The molecule has 0 aromatic heterocycles. The molecule has 2 aromatic carbocycles. The van der Waals surface area contributed by atoms with Crippen molar-refractivity contribution >= 4 is 44.6 Å². The highest BCUT2D eigenvalue weighted by molar-refractivity contribution is 7.90. The van der Waals surface area contributed by atoms with Crippen molar-refractivity contribution in [2.45, 2.75) is 11.8 Å². The molecule has 0 saturated carbocycles. The van der Waals surface area contributed by atoms with Gasteiger partial charge in [0.05, 0.1) is 11.5 Å². The molecule has 25 heavy (non-hydrogen) atoms. The molecule has 0 aliphatic rings. The van der Waals surface area contributed by atoms with Crippen LogP contribution in [-0.2, 0) is 14.6 Å². The molecule has 132 valence electrons. The molecule has 0 spiro atoms. The SMILES string of the molecule is CCOC(=O)NC(=S)N(c1ccccc1)c1ccc(S(C)(=O)=O)cc1. The Labute approximate surface area is 152 Å². The average Bonchev–Trinajstić information content (AvgIpc) is 2.56. The Morgan fingerprint density at radius 1 is 1.08 bits per heavy atom. The number of thiocarbonyl (C=S) groups is 1. The lowest BCUT2D eigenvalue weighted by Crippen LogP contribution is -2.40. The second kappa shape index (κ2) is 8.09. The van der Waals surface area contributed by atoms with Crippen LogP contribution in [0.25, 0.3) is 0 Å². The zero-order valence-electron chi connectivity index (χ0n) is 13.8. The minimum atomic E-state index is -3.30. The van der Waals surface area contributed by atoms with E-state index in [1.165, 1.54) is 12.1 Å². The Morgan fingerprint density at radius 2 is 1.64 bits per heavy atom. The average molecular weight is 378 g/mol. The Kier molecular flexibility index (Phi) is 6.11. The van der Waals surface area contributed by atoms with Gasteiger partial charge in [-0.2, -0.15) is 0 Å². The monoisotopic (exact) mass is 378 g/mol. The molecule has 0 heterocycles. The normalized spacial score (nSPS) is 10.8. The molecule has 2 aromatic rings. The smallest absolute Gasteiger partial charge is 0.413 e. The number of ether oxygens (including phenoxy) is 1. The molecule has 0 unspecified atom stereocenters. The molecule has 8 heteroatoms. The van der Waals surface area contributed by atoms with Gasteiger partial charge in [0.15, 0.2) is 14.9 Å². The molecule has 0 fully saturated rings. The fourth-order valence-electron chi connectivity index (χ4n) is 2.11. The van der Waals surface area contributed by atoms with Gasteiger partial charge >= 0.3 is 6.09 Å². The summed E-state index contributed by atoms with van der Waals surface area (Å²) in [7, 11) is -3.30. The van der Waals surface area contributed by atoms with Gasteiger partial charge in [0.2, 0.25) is 0 Å². The van der Waals surface area contributed by atoms with E-state index in [1.54, 1.807) is 24.0 Å². The van der Waals surface area contributed by atoms with Crippen LogP contribution in [0.2, 0.25) is 0 Å². The van der Waals surface area contributed by atoms with Crippen molar-refractivity contribution in [3.8, 4) is 0 Å². The Bertz CT molecular complexity index is 850. The van der Waals surface area contributed by atoms with Gasteiger partial charge in [0, 0.05) is 17.6 Å². The van der Waals surface area contributed by atoms with Crippen LogP contribution in [-0.4, -0.2) is 32.5 Å². The van der Waals surface area contributed by atoms with Crippen molar-refractivity contribution < 1.29 is 17.9 Å². The van der Waals surface area contributed by atoms with Crippen LogP contribution in [0.5, 0.6) is 0 Å². The largest absolute Gasteiger partial charge is 0.450 e. The van der Waals surface area contributed by atoms with Crippen molar-refractivity contribution in [2.24, 2.45) is 0 Å². The highest BCUT2D eigenvalue weighted by Crippen LogP contribution is 2.26. The van der Waals surface area contributed by atoms with E-state index in [2.05, 4.69) is 5.32 Å². The zero-order valence-corrected chi connectivity index (χ0v) is 15.4. The molecule has 0 radical (unpaired) electrons. The van der Waals surface area contributed by atoms with Crippen LogP contribution in [0.15, 0.2) is 59.5 Å². The number of anilines is 2. The quantitative estimate of drug-likeness (QED) is 0.823. The maximum atomic E-state index is 11.7. The third kappa shape index (κ3) is 5.01.